The van der Waals surface area contributed by atoms with Crippen LogP contribution in [0.1, 0.15) is 19.3 Å². The van der Waals surface area contributed by atoms with E-state index in [1.807, 2.05) is 18.3 Å². The maximum atomic E-state index is 5.15. The van der Waals surface area contributed by atoms with Crippen molar-refractivity contribution in [2.24, 2.45) is 23.7 Å². The molecule has 2 bridgehead atoms. The van der Waals surface area contributed by atoms with Crippen molar-refractivity contribution in [1.82, 2.24) is 4.98 Å². The molecule has 0 saturated heterocycles. The fraction of sp³-hybridized carbons (Fsp3) is 0.643. The van der Waals surface area contributed by atoms with Gasteiger partial charge in [-0.3, -0.25) is 0 Å². The first-order valence-electron chi connectivity index (χ1n) is 6.63. The minimum absolute atomic E-state index is 0.698. The Morgan fingerprint density at radius 3 is 2.76 bits per heavy atom. The molecule has 3 aliphatic rings. The molecule has 17 heavy (non-hydrogen) atoms. The molecule has 1 N–H and O–H groups in total. The number of hydrogen-bond donors (Lipinski definition) is 1. The molecule has 3 saturated carbocycles. The predicted octanol–water partition coefficient (Wildman–Crippen LogP) is 2.55. The average Bonchev–Trinajstić information content (AvgIpc) is 2.76. The van der Waals surface area contributed by atoms with Crippen molar-refractivity contribution >= 4 is 5.69 Å². The van der Waals surface area contributed by atoms with Crippen LogP contribution in [0.25, 0.3) is 0 Å². The third kappa shape index (κ3) is 1.38. The summed E-state index contributed by atoms with van der Waals surface area (Å²) in [6, 6.07) is 4.77. The highest BCUT2D eigenvalue weighted by Gasteiger charge is 2.64. The molecule has 3 heteroatoms. The van der Waals surface area contributed by atoms with Gasteiger partial charge in [-0.05, 0) is 49.0 Å². The molecule has 1 aromatic heterocycles. The first-order chi connectivity index (χ1) is 8.36. The van der Waals surface area contributed by atoms with Crippen LogP contribution in [0.3, 0.4) is 0 Å². The van der Waals surface area contributed by atoms with Crippen LogP contribution >= 0.6 is 0 Å². The maximum absolute atomic E-state index is 5.15. The zero-order valence-electron chi connectivity index (χ0n) is 10.1. The zero-order valence-corrected chi connectivity index (χ0v) is 10.1. The second-order valence-corrected chi connectivity index (χ2v) is 5.74. The maximum Gasteiger partial charge on any atom is 0.214 e. The summed E-state index contributed by atoms with van der Waals surface area (Å²) in [4.78, 5) is 4.14. The molecule has 0 radical (unpaired) electrons. The molecule has 4 atom stereocenters. The lowest BCUT2D eigenvalue weighted by Crippen LogP contribution is -2.12. The molecule has 0 aromatic carbocycles. The highest BCUT2D eigenvalue weighted by atomic mass is 16.5. The van der Waals surface area contributed by atoms with E-state index in [-0.39, 0.29) is 0 Å². The van der Waals surface area contributed by atoms with E-state index in [1.54, 1.807) is 7.11 Å². The summed E-state index contributed by atoms with van der Waals surface area (Å²) in [5.41, 5.74) is 1.16. The Balaban J connectivity index is 1.49. The van der Waals surface area contributed by atoms with Gasteiger partial charge in [0.2, 0.25) is 5.88 Å². The number of nitrogens with one attached hydrogen (secondary N) is 1. The van der Waals surface area contributed by atoms with Crippen LogP contribution in [0.15, 0.2) is 18.3 Å². The molecule has 4 rings (SSSR count). The second kappa shape index (κ2) is 3.37. The van der Waals surface area contributed by atoms with Gasteiger partial charge in [-0.25, -0.2) is 4.98 Å². The van der Waals surface area contributed by atoms with Gasteiger partial charge in [0.1, 0.15) is 0 Å². The lowest BCUT2D eigenvalue weighted by molar-refractivity contribution is 0.398. The van der Waals surface area contributed by atoms with E-state index in [0.29, 0.717) is 5.88 Å². The number of ether oxygens (including phenoxy) is 1. The fourth-order valence-corrected chi connectivity index (χ4v) is 4.32. The van der Waals surface area contributed by atoms with Gasteiger partial charge in [-0.1, -0.05) is 0 Å². The molecule has 4 unspecified atom stereocenters. The highest BCUT2D eigenvalue weighted by Crippen LogP contribution is 2.66. The number of pyridine rings is 1. The van der Waals surface area contributed by atoms with Gasteiger partial charge in [0.25, 0.3) is 0 Å². The topological polar surface area (TPSA) is 34.1 Å². The summed E-state index contributed by atoms with van der Waals surface area (Å²) in [6.07, 6.45) is 6.27. The standard InChI is InChI=1S/C14H18N2O/c1-17-11-7-10(4-5-15-11)16-14-12-8-2-3-9(6-8)13(12)14/h4-5,7-9,12-14H,2-3,6H2,1H3,(H,15,16). The summed E-state index contributed by atoms with van der Waals surface area (Å²) in [7, 11) is 1.66. The molecule has 0 spiro atoms. The molecule has 1 heterocycles. The minimum Gasteiger partial charge on any atom is -0.481 e. The van der Waals surface area contributed by atoms with Crippen LogP contribution in [-0.2, 0) is 0 Å². The monoisotopic (exact) mass is 230 g/mol. The SMILES string of the molecule is COc1cc(NC2C3C4CCC(C4)C23)ccn1. The van der Waals surface area contributed by atoms with Gasteiger partial charge >= 0.3 is 0 Å². The van der Waals surface area contributed by atoms with Crippen molar-refractivity contribution in [1.29, 1.82) is 0 Å². The van der Waals surface area contributed by atoms with Gasteiger partial charge in [0, 0.05) is 24.0 Å². The number of hydrogen-bond acceptors (Lipinski definition) is 3. The first kappa shape index (κ1) is 9.75. The van der Waals surface area contributed by atoms with Crippen LogP contribution in [0, 0.1) is 23.7 Å². The number of rotatable bonds is 3. The summed E-state index contributed by atoms with van der Waals surface area (Å²) in [5, 5.41) is 3.67. The Morgan fingerprint density at radius 2 is 2.06 bits per heavy atom. The Kier molecular flexibility index (Phi) is 1.93. The molecule has 0 aliphatic heterocycles. The highest BCUT2D eigenvalue weighted by molar-refractivity contribution is 5.48. The Bertz CT molecular complexity index is 432. The molecular weight excluding hydrogens is 212 g/mol. The molecule has 3 nitrogen and oxygen atoms in total. The number of fused-ring (bicyclic) bond motifs is 5. The van der Waals surface area contributed by atoms with E-state index in [4.69, 9.17) is 4.74 Å². The van der Waals surface area contributed by atoms with E-state index in [0.717, 1.165) is 35.4 Å². The minimum atomic E-state index is 0.698. The third-order valence-electron chi connectivity index (χ3n) is 5.01. The summed E-state index contributed by atoms with van der Waals surface area (Å²) >= 11 is 0. The number of anilines is 1. The predicted molar refractivity (Wildman–Crippen MR) is 66.0 cm³/mol. The van der Waals surface area contributed by atoms with Gasteiger partial charge in [0.15, 0.2) is 0 Å². The van der Waals surface area contributed by atoms with Crippen LogP contribution in [-0.4, -0.2) is 18.1 Å². The summed E-state index contributed by atoms with van der Waals surface area (Å²) in [5.74, 6) is 4.67. The zero-order chi connectivity index (χ0) is 11.4. The van der Waals surface area contributed by atoms with Gasteiger partial charge in [0.05, 0.1) is 7.11 Å². The first-order valence-corrected chi connectivity index (χ1v) is 6.63. The van der Waals surface area contributed by atoms with Gasteiger partial charge in [-0.15, -0.1) is 0 Å². The van der Waals surface area contributed by atoms with E-state index < -0.39 is 0 Å². The van der Waals surface area contributed by atoms with Crippen molar-refractivity contribution in [3.05, 3.63) is 18.3 Å². The smallest absolute Gasteiger partial charge is 0.214 e. The molecule has 90 valence electrons. The Morgan fingerprint density at radius 1 is 1.29 bits per heavy atom. The largest absolute Gasteiger partial charge is 0.481 e. The molecule has 1 aromatic rings. The number of aromatic nitrogens is 1. The average molecular weight is 230 g/mol. The quantitative estimate of drug-likeness (QED) is 0.866. The molecule has 3 fully saturated rings. The summed E-state index contributed by atoms with van der Waals surface area (Å²) in [6.45, 7) is 0. The van der Waals surface area contributed by atoms with Crippen molar-refractivity contribution in [3.63, 3.8) is 0 Å². The van der Waals surface area contributed by atoms with Crippen LogP contribution in [0.5, 0.6) is 5.88 Å². The van der Waals surface area contributed by atoms with Gasteiger partial charge in [-0.2, -0.15) is 0 Å². The molecule has 3 aliphatic carbocycles. The lowest BCUT2D eigenvalue weighted by Gasteiger charge is -2.12. The normalized spacial score (nSPS) is 41.1. The molecular formula is C14H18N2O. The molecule has 0 amide bonds. The van der Waals surface area contributed by atoms with E-state index in [9.17, 15) is 0 Å². The second-order valence-electron chi connectivity index (χ2n) is 5.74. The lowest BCUT2D eigenvalue weighted by atomic mass is 10.0. The van der Waals surface area contributed by atoms with Crippen LogP contribution in [0.2, 0.25) is 0 Å². The number of nitrogens with zero attached hydrogens (tertiary/aromatic N) is 1. The Hall–Kier alpha value is -1.25. The van der Waals surface area contributed by atoms with Crippen LogP contribution < -0.4 is 10.1 Å². The van der Waals surface area contributed by atoms with Crippen molar-refractivity contribution in [3.8, 4) is 5.88 Å². The van der Waals surface area contributed by atoms with Crippen molar-refractivity contribution in [2.75, 3.05) is 12.4 Å². The van der Waals surface area contributed by atoms with Crippen LogP contribution in [0.4, 0.5) is 5.69 Å². The van der Waals surface area contributed by atoms with E-state index >= 15 is 0 Å². The van der Waals surface area contributed by atoms with Gasteiger partial charge < -0.3 is 10.1 Å². The van der Waals surface area contributed by atoms with E-state index in [2.05, 4.69) is 10.3 Å². The Labute approximate surface area is 102 Å². The summed E-state index contributed by atoms with van der Waals surface area (Å²) < 4.78 is 5.15. The number of methoxy groups -OCH3 is 1. The van der Waals surface area contributed by atoms with E-state index in [1.165, 1.54) is 19.3 Å². The van der Waals surface area contributed by atoms with Crippen molar-refractivity contribution in [2.45, 2.75) is 25.3 Å². The van der Waals surface area contributed by atoms with Crippen molar-refractivity contribution < 1.29 is 4.74 Å². The fourth-order valence-electron chi connectivity index (χ4n) is 4.32. The third-order valence-corrected chi connectivity index (χ3v) is 5.01.